The van der Waals surface area contributed by atoms with Crippen molar-refractivity contribution in [1.82, 2.24) is 4.98 Å². The van der Waals surface area contributed by atoms with Gasteiger partial charge in [0.05, 0.1) is 11.4 Å². The van der Waals surface area contributed by atoms with E-state index in [-0.39, 0.29) is 0 Å². The molecule has 7 aromatic rings. The normalized spacial score (nSPS) is 11.6. The predicted molar refractivity (Wildman–Crippen MR) is 194 cm³/mol. The molecule has 0 aliphatic heterocycles. The summed E-state index contributed by atoms with van der Waals surface area (Å²) >= 11 is 0. The highest BCUT2D eigenvalue weighted by molar-refractivity contribution is 6.21. The maximum atomic E-state index is 7.25. The molecule has 0 spiro atoms. The van der Waals surface area contributed by atoms with Crippen LogP contribution in [0.2, 0.25) is 0 Å². The SMILES string of the molecule is C=C(/C=C\C=N)c1cccc(-c2ccc3cc(-c4c5ccccc5c(-c5cccc(C(C)C)c5)c5ccccc45)ccc3c2)n1. The summed E-state index contributed by atoms with van der Waals surface area (Å²) in [4.78, 5) is 4.86. The molecule has 2 heteroatoms. The molecule has 1 aromatic heterocycles. The van der Waals surface area contributed by atoms with Crippen molar-refractivity contribution in [3.05, 3.63) is 157 Å². The molecular formula is C43H34N2. The van der Waals surface area contributed by atoms with Crippen molar-refractivity contribution in [3.8, 4) is 33.5 Å². The van der Waals surface area contributed by atoms with E-state index in [0.717, 1.165) is 22.5 Å². The molecule has 0 fully saturated rings. The molecule has 0 saturated carbocycles. The summed E-state index contributed by atoms with van der Waals surface area (Å²) in [5.41, 5.74) is 9.93. The fourth-order valence-electron chi connectivity index (χ4n) is 6.39. The molecule has 1 N–H and O–H groups in total. The summed E-state index contributed by atoms with van der Waals surface area (Å²) in [7, 11) is 0. The van der Waals surface area contributed by atoms with E-state index in [4.69, 9.17) is 10.4 Å². The second-order valence-electron chi connectivity index (χ2n) is 11.9. The Morgan fingerprint density at radius 2 is 1.18 bits per heavy atom. The first-order valence-corrected chi connectivity index (χ1v) is 15.4. The molecule has 1 heterocycles. The van der Waals surface area contributed by atoms with E-state index in [1.807, 2.05) is 24.3 Å². The minimum atomic E-state index is 0.467. The van der Waals surface area contributed by atoms with Crippen LogP contribution >= 0.6 is 0 Å². The number of pyridine rings is 1. The van der Waals surface area contributed by atoms with Crippen LogP contribution in [-0.2, 0) is 0 Å². The lowest BCUT2D eigenvalue weighted by molar-refractivity contribution is 0.867. The summed E-state index contributed by atoms with van der Waals surface area (Å²) in [5, 5.41) is 14.7. The predicted octanol–water partition coefficient (Wildman–Crippen LogP) is 11.9. The zero-order valence-corrected chi connectivity index (χ0v) is 25.6. The Labute approximate surface area is 264 Å². The average Bonchev–Trinajstić information content (AvgIpc) is 3.09. The van der Waals surface area contributed by atoms with Crippen LogP contribution in [0.25, 0.3) is 71.4 Å². The molecule has 0 unspecified atom stereocenters. The maximum Gasteiger partial charge on any atom is 0.0709 e. The summed E-state index contributed by atoms with van der Waals surface area (Å²) in [5.74, 6) is 0.467. The van der Waals surface area contributed by atoms with Gasteiger partial charge in [-0.3, -0.25) is 0 Å². The summed E-state index contributed by atoms with van der Waals surface area (Å²) < 4.78 is 0. The molecular weight excluding hydrogens is 544 g/mol. The minimum absolute atomic E-state index is 0.467. The van der Waals surface area contributed by atoms with Crippen LogP contribution in [-0.4, -0.2) is 11.2 Å². The largest absolute Gasteiger partial charge is 0.309 e. The van der Waals surface area contributed by atoms with Crippen molar-refractivity contribution in [2.45, 2.75) is 19.8 Å². The van der Waals surface area contributed by atoms with Gasteiger partial charge in [-0.1, -0.05) is 130 Å². The first kappa shape index (κ1) is 28.2. The molecule has 0 bridgehead atoms. The number of hydrogen-bond donors (Lipinski definition) is 1. The summed E-state index contributed by atoms with van der Waals surface area (Å²) in [6.07, 6.45) is 4.72. The van der Waals surface area contributed by atoms with E-state index in [2.05, 4.69) is 130 Å². The Morgan fingerprint density at radius 3 is 1.78 bits per heavy atom. The van der Waals surface area contributed by atoms with Gasteiger partial charge < -0.3 is 5.41 Å². The van der Waals surface area contributed by atoms with Crippen molar-refractivity contribution in [2.24, 2.45) is 0 Å². The molecule has 0 atom stereocenters. The number of rotatable bonds is 7. The summed E-state index contributed by atoms with van der Waals surface area (Å²) in [6.45, 7) is 8.62. The third-order valence-electron chi connectivity index (χ3n) is 8.67. The van der Waals surface area contributed by atoms with Crippen LogP contribution in [0.1, 0.15) is 31.0 Å². The van der Waals surface area contributed by atoms with Gasteiger partial charge in [0.25, 0.3) is 0 Å². The molecule has 0 amide bonds. The topological polar surface area (TPSA) is 36.7 Å². The van der Waals surface area contributed by atoms with Crippen LogP contribution in [0.5, 0.6) is 0 Å². The van der Waals surface area contributed by atoms with Crippen LogP contribution in [0.4, 0.5) is 0 Å². The Hall–Kier alpha value is -5.60. The van der Waals surface area contributed by atoms with Crippen LogP contribution in [0, 0.1) is 5.41 Å². The quantitative estimate of drug-likeness (QED) is 0.114. The van der Waals surface area contributed by atoms with Crippen molar-refractivity contribution in [1.29, 1.82) is 5.41 Å². The maximum absolute atomic E-state index is 7.25. The van der Waals surface area contributed by atoms with Gasteiger partial charge in [-0.05, 0) is 102 Å². The number of nitrogens with zero attached hydrogens (tertiary/aromatic N) is 1. The van der Waals surface area contributed by atoms with Gasteiger partial charge in [-0.15, -0.1) is 0 Å². The van der Waals surface area contributed by atoms with Gasteiger partial charge in [0.2, 0.25) is 0 Å². The molecule has 0 radical (unpaired) electrons. The van der Waals surface area contributed by atoms with Crippen molar-refractivity contribution in [2.75, 3.05) is 0 Å². The van der Waals surface area contributed by atoms with E-state index < -0.39 is 0 Å². The third kappa shape index (κ3) is 5.25. The smallest absolute Gasteiger partial charge is 0.0709 e. The van der Waals surface area contributed by atoms with E-state index >= 15 is 0 Å². The Balaban J connectivity index is 1.37. The van der Waals surface area contributed by atoms with Gasteiger partial charge in [0, 0.05) is 11.8 Å². The monoisotopic (exact) mass is 578 g/mol. The van der Waals surface area contributed by atoms with E-state index in [1.54, 1.807) is 6.08 Å². The number of benzene rings is 6. The second kappa shape index (κ2) is 11.8. The van der Waals surface area contributed by atoms with Gasteiger partial charge in [-0.25, -0.2) is 4.98 Å². The lowest BCUT2D eigenvalue weighted by atomic mass is 9.85. The van der Waals surface area contributed by atoms with Gasteiger partial charge >= 0.3 is 0 Å². The van der Waals surface area contributed by atoms with Crippen molar-refractivity contribution >= 4 is 44.1 Å². The number of allylic oxidation sites excluding steroid dienone is 3. The van der Waals surface area contributed by atoms with E-state index in [9.17, 15) is 0 Å². The van der Waals surface area contributed by atoms with E-state index in [1.165, 1.54) is 66.3 Å². The van der Waals surface area contributed by atoms with Crippen LogP contribution in [0.3, 0.4) is 0 Å². The number of nitrogens with one attached hydrogen (secondary N) is 1. The Kier molecular flexibility index (Phi) is 7.41. The zero-order chi connectivity index (χ0) is 30.9. The first-order valence-electron chi connectivity index (χ1n) is 15.4. The molecule has 2 nitrogen and oxygen atoms in total. The lowest BCUT2D eigenvalue weighted by Gasteiger charge is -2.19. The fraction of sp³-hybridized carbons (Fsp3) is 0.0698. The second-order valence-corrected chi connectivity index (χ2v) is 11.9. The molecule has 45 heavy (non-hydrogen) atoms. The number of aromatic nitrogens is 1. The molecule has 0 aliphatic carbocycles. The average molecular weight is 579 g/mol. The molecule has 216 valence electrons. The Morgan fingerprint density at radius 1 is 0.622 bits per heavy atom. The van der Waals surface area contributed by atoms with Gasteiger partial charge in [0.1, 0.15) is 0 Å². The highest BCUT2D eigenvalue weighted by Crippen LogP contribution is 2.44. The molecule has 7 rings (SSSR count). The van der Waals surface area contributed by atoms with Crippen LogP contribution in [0.15, 0.2) is 146 Å². The van der Waals surface area contributed by atoms with Crippen molar-refractivity contribution in [3.63, 3.8) is 0 Å². The van der Waals surface area contributed by atoms with E-state index in [0.29, 0.717) is 5.92 Å². The third-order valence-corrected chi connectivity index (χ3v) is 8.67. The fourth-order valence-corrected chi connectivity index (χ4v) is 6.39. The van der Waals surface area contributed by atoms with Gasteiger partial charge in [-0.2, -0.15) is 0 Å². The molecule has 0 saturated heterocycles. The van der Waals surface area contributed by atoms with Crippen molar-refractivity contribution < 1.29 is 0 Å². The van der Waals surface area contributed by atoms with Crippen LogP contribution < -0.4 is 0 Å². The first-order chi connectivity index (χ1) is 22.0. The highest BCUT2D eigenvalue weighted by atomic mass is 14.7. The lowest BCUT2D eigenvalue weighted by Crippen LogP contribution is -1.93. The summed E-state index contributed by atoms with van der Waals surface area (Å²) in [6, 6.07) is 46.1. The standard InChI is InChI=1S/C43H34N2/c1-28(2)30-12-8-13-34(25-30)42-36-14-4-6-16-38(36)43(39-17-7-5-15-37(39)42)35-23-21-31-26-33(22-20-32(31)27-35)41-19-9-18-40(45-41)29(3)11-10-24-44/h4-28,44H,3H2,1-2H3/b11-10-,44-24?. The Bertz CT molecular complexity index is 2230. The molecule has 6 aromatic carbocycles. The minimum Gasteiger partial charge on any atom is -0.309 e. The van der Waals surface area contributed by atoms with Gasteiger partial charge in [0.15, 0.2) is 0 Å². The highest BCUT2D eigenvalue weighted by Gasteiger charge is 2.17. The molecule has 0 aliphatic rings. The number of hydrogen-bond acceptors (Lipinski definition) is 2. The number of fused-ring (bicyclic) bond motifs is 3. The zero-order valence-electron chi connectivity index (χ0n) is 25.6.